The smallest absolute Gasteiger partial charge is 0.305 e. The van der Waals surface area contributed by atoms with Crippen LogP contribution in [0.3, 0.4) is 0 Å². The van der Waals surface area contributed by atoms with Gasteiger partial charge < -0.3 is 20.3 Å². The molecule has 0 aliphatic heterocycles. The van der Waals surface area contributed by atoms with Crippen molar-refractivity contribution in [2.45, 2.75) is 225 Å². The lowest BCUT2D eigenvalue weighted by atomic mass is 10.1. The van der Waals surface area contributed by atoms with Crippen LogP contribution in [-0.2, 0) is 14.3 Å². The molecule has 0 aliphatic carbocycles. The molecule has 0 bridgehead atoms. The highest BCUT2D eigenvalue weighted by Crippen LogP contribution is 2.13. The summed E-state index contributed by atoms with van der Waals surface area (Å²) in [7, 11) is 0. The van der Waals surface area contributed by atoms with E-state index in [0.29, 0.717) is 25.9 Å². The largest absolute Gasteiger partial charge is 0.466 e. The maximum atomic E-state index is 12.3. The number of unbranched alkanes of at least 4 members (excludes halogenated alkanes) is 23. The van der Waals surface area contributed by atoms with Gasteiger partial charge in [0.05, 0.1) is 25.4 Å². The number of aliphatic hydroxyl groups is 2. The minimum atomic E-state index is -0.878. The normalized spacial score (nSPS) is 13.2. The molecule has 0 aliphatic rings. The molecule has 6 nitrogen and oxygen atoms in total. The first-order valence-electron chi connectivity index (χ1n) is 22.4. The van der Waals surface area contributed by atoms with Crippen molar-refractivity contribution >= 4 is 11.9 Å². The van der Waals surface area contributed by atoms with Gasteiger partial charge in [-0.15, -0.1) is 0 Å². The van der Waals surface area contributed by atoms with Crippen LogP contribution < -0.4 is 5.32 Å². The van der Waals surface area contributed by atoms with E-state index in [2.05, 4.69) is 49.5 Å². The number of aliphatic hydroxyl groups excluding tert-OH is 2. The fraction of sp³-hybridized carbons (Fsp3) is 0.787. The van der Waals surface area contributed by atoms with Crippen molar-refractivity contribution in [2.75, 3.05) is 13.2 Å². The van der Waals surface area contributed by atoms with Crippen molar-refractivity contribution in [3.05, 3.63) is 48.6 Å². The van der Waals surface area contributed by atoms with Gasteiger partial charge in [-0.3, -0.25) is 9.59 Å². The van der Waals surface area contributed by atoms with E-state index in [1.54, 1.807) is 6.08 Å². The summed E-state index contributed by atoms with van der Waals surface area (Å²) in [6, 6.07) is -0.671. The Kier molecular flexibility index (Phi) is 40.8. The van der Waals surface area contributed by atoms with Gasteiger partial charge in [0.1, 0.15) is 0 Å². The lowest BCUT2D eigenvalue weighted by molar-refractivity contribution is -0.143. The van der Waals surface area contributed by atoms with Gasteiger partial charge in [0.15, 0.2) is 0 Å². The Bertz CT molecular complexity index is 911. The number of carbonyl (C=O) groups is 2. The van der Waals surface area contributed by atoms with Gasteiger partial charge in [0, 0.05) is 12.8 Å². The summed E-state index contributed by atoms with van der Waals surface area (Å²) in [5, 5.41) is 22.8. The molecule has 2 atom stereocenters. The molecule has 0 spiro atoms. The first-order chi connectivity index (χ1) is 26.0. The van der Waals surface area contributed by atoms with Crippen molar-refractivity contribution in [1.29, 1.82) is 0 Å². The molecule has 0 aromatic rings. The third kappa shape index (κ3) is 39.3. The van der Waals surface area contributed by atoms with Crippen LogP contribution in [0.1, 0.15) is 213 Å². The van der Waals surface area contributed by atoms with E-state index in [-0.39, 0.29) is 18.5 Å². The highest BCUT2D eigenvalue weighted by molar-refractivity contribution is 5.76. The Morgan fingerprint density at radius 1 is 0.528 bits per heavy atom. The lowest BCUT2D eigenvalue weighted by Gasteiger charge is -2.19. The fourth-order valence-electron chi connectivity index (χ4n) is 6.32. The number of esters is 1. The Morgan fingerprint density at radius 3 is 1.53 bits per heavy atom. The van der Waals surface area contributed by atoms with Crippen LogP contribution in [0.5, 0.6) is 0 Å². The lowest BCUT2D eigenvalue weighted by Crippen LogP contribution is -2.45. The van der Waals surface area contributed by atoms with Gasteiger partial charge in [0.2, 0.25) is 5.91 Å². The fourth-order valence-corrected chi connectivity index (χ4v) is 6.32. The first kappa shape index (κ1) is 50.8. The van der Waals surface area contributed by atoms with Gasteiger partial charge in [-0.2, -0.15) is 0 Å². The minimum absolute atomic E-state index is 0.0302. The molecule has 0 rings (SSSR count). The van der Waals surface area contributed by atoms with Crippen LogP contribution >= 0.6 is 0 Å². The summed E-state index contributed by atoms with van der Waals surface area (Å²) in [6.07, 6.45) is 51.1. The Labute approximate surface area is 327 Å². The predicted molar refractivity (Wildman–Crippen MR) is 227 cm³/mol. The number of ether oxygens (including phenoxy) is 1. The molecule has 308 valence electrons. The molecule has 1 amide bonds. The molecular weight excluding hydrogens is 659 g/mol. The van der Waals surface area contributed by atoms with Crippen molar-refractivity contribution < 1.29 is 24.5 Å². The zero-order chi connectivity index (χ0) is 38.7. The standard InChI is InChI=1S/C47H85NO5/c1-3-5-7-9-11-13-15-21-25-29-33-37-41-47(52)53-42-38-34-30-26-22-18-16-17-20-24-28-32-36-40-46(51)48-44(43-49)45(50)39-35-31-27-23-19-14-12-10-8-6-4-2/h11,13,17,20,28,32,35,39,44-45,49-50H,3-10,12,14-16,18-19,21-27,29-31,33-34,36-38,40-43H2,1-2H3,(H,48,51)/b13-11-,20-17-,32-28-,39-35+. The molecule has 0 aromatic heterocycles. The summed E-state index contributed by atoms with van der Waals surface area (Å²) >= 11 is 0. The van der Waals surface area contributed by atoms with Gasteiger partial charge in [-0.1, -0.05) is 172 Å². The average Bonchev–Trinajstić information content (AvgIpc) is 3.16. The van der Waals surface area contributed by atoms with E-state index in [1.165, 1.54) is 128 Å². The van der Waals surface area contributed by atoms with Crippen LogP contribution in [0.25, 0.3) is 0 Å². The minimum Gasteiger partial charge on any atom is -0.466 e. The molecular formula is C47H85NO5. The number of carbonyl (C=O) groups excluding carboxylic acids is 2. The van der Waals surface area contributed by atoms with E-state index in [4.69, 9.17) is 4.74 Å². The second-order valence-electron chi connectivity index (χ2n) is 15.0. The summed E-state index contributed by atoms with van der Waals surface area (Å²) < 4.78 is 5.42. The molecule has 0 heterocycles. The highest BCUT2D eigenvalue weighted by atomic mass is 16.5. The summed E-state index contributed by atoms with van der Waals surface area (Å²) in [6.45, 7) is 4.77. The monoisotopic (exact) mass is 744 g/mol. The van der Waals surface area contributed by atoms with Crippen molar-refractivity contribution in [3.63, 3.8) is 0 Å². The summed E-state index contributed by atoms with van der Waals surface area (Å²) in [4.78, 5) is 24.3. The van der Waals surface area contributed by atoms with Gasteiger partial charge >= 0.3 is 5.97 Å². The molecule has 53 heavy (non-hydrogen) atoms. The molecule has 0 aromatic carbocycles. The predicted octanol–water partition coefficient (Wildman–Crippen LogP) is 12.7. The van der Waals surface area contributed by atoms with Gasteiger partial charge in [-0.25, -0.2) is 0 Å². The maximum Gasteiger partial charge on any atom is 0.305 e. The van der Waals surface area contributed by atoms with E-state index in [0.717, 1.165) is 51.4 Å². The molecule has 0 saturated heterocycles. The Morgan fingerprint density at radius 2 is 0.962 bits per heavy atom. The summed E-state index contributed by atoms with van der Waals surface area (Å²) in [5.41, 5.74) is 0. The second-order valence-corrected chi connectivity index (χ2v) is 15.0. The third-order valence-electron chi connectivity index (χ3n) is 9.83. The Balaban J connectivity index is 3.62. The molecule has 0 fully saturated rings. The van der Waals surface area contributed by atoms with E-state index < -0.39 is 12.1 Å². The number of allylic oxidation sites excluding steroid dienone is 7. The number of nitrogens with one attached hydrogen (secondary N) is 1. The summed E-state index contributed by atoms with van der Waals surface area (Å²) in [5.74, 6) is -0.183. The van der Waals surface area contributed by atoms with Gasteiger partial charge in [0.25, 0.3) is 0 Å². The van der Waals surface area contributed by atoms with Crippen molar-refractivity contribution in [3.8, 4) is 0 Å². The van der Waals surface area contributed by atoms with E-state index >= 15 is 0 Å². The highest BCUT2D eigenvalue weighted by Gasteiger charge is 2.17. The first-order valence-corrected chi connectivity index (χ1v) is 22.4. The molecule has 2 unspecified atom stereocenters. The number of amides is 1. The zero-order valence-electron chi connectivity index (χ0n) is 34.7. The van der Waals surface area contributed by atoms with Crippen molar-refractivity contribution in [1.82, 2.24) is 5.32 Å². The van der Waals surface area contributed by atoms with Crippen LogP contribution in [0, 0.1) is 0 Å². The van der Waals surface area contributed by atoms with Crippen molar-refractivity contribution in [2.24, 2.45) is 0 Å². The number of hydrogen-bond donors (Lipinski definition) is 3. The molecule has 3 N–H and O–H groups in total. The molecule has 0 saturated carbocycles. The van der Waals surface area contributed by atoms with E-state index in [1.807, 2.05) is 12.2 Å². The van der Waals surface area contributed by atoms with E-state index in [9.17, 15) is 19.8 Å². The maximum absolute atomic E-state index is 12.3. The van der Waals surface area contributed by atoms with Crippen LogP contribution in [0.4, 0.5) is 0 Å². The zero-order valence-corrected chi connectivity index (χ0v) is 34.7. The second kappa shape index (κ2) is 42.6. The number of rotatable bonds is 40. The van der Waals surface area contributed by atoms with Crippen LogP contribution in [0.2, 0.25) is 0 Å². The SMILES string of the molecule is CCCCC/C=C\CCCCCCCC(=O)OCCCCCCCC/C=C\C/C=C\CCC(=O)NC(CO)C(O)/C=C/CCCCCCCCCCC. The topological polar surface area (TPSA) is 95.9 Å². The molecule has 0 radical (unpaired) electrons. The third-order valence-corrected chi connectivity index (χ3v) is 9.83. The van der Waals surface area contributed by atoms with Gasteiger partial charge in [-0.05, 0) is 77.0 Å². The average molecular weight is 744 g/mol. The van der Waals surface area contributed by atoms with Crippen LogP contribution in [-0.4, -0.2) is 47.4 Å². The van der Waals surface area contributed by atoms with Crippen LogP contribution in [0.15, 0.2) is 48.6 Å². The number of hydrogen-bond acceptors (Lipinski definition) is 5. The molecule has 6 heteroatoms. The Hall–Kier alpha value is -2.18. The quantitative estimate of drug-likeness (QED) is 0.0330.